The third-order valence-corrected chi connectivity index (χ3v) is 9.28. The second kappa shape index (κ2) is 11.4. The molecule has 3 saturated carbocycles. The molecule has 1 heterocycles. The molecule has 1 aromatic carbocycles. The summed E-state index contributed by atoms with van der Waals surface area (Å²) in [7, 11) is 3.31. The lowest BCUT2D eigenvalue weighted by atomic mass is 9.70. The summed E-state index contributed by atoms with van der Waals surface area (Å²) in [4.78, 5) is 40.5. The van der Waals surface area contributed by atoms with E-state index in [1.807, 2.05) is 31.2 Å². The normalized spacial score (nSPS) is 20.2. The summed E-state index contributed by atoms with van der Waals surface area (Å²) in [5, 5.41) is 13.4. The monoisotopic (exact) mass is 549 g/mol. The van der Waals surface area contributed by atoms with E-state index in [-0.39, 0.29) is 35.7 Å². The van der Waals surface area contributed by atoms with Gasteiger partial charge in [-0.1, -0.05) is 25.5 Å². The quantitative estimate of drug-likeness (QED) is 0.352. The van der Waals surface area contributed by atoms with Crippen molar-refractivity contribution in [2.75, 3.05) is 25.6 Å². The number of aromatic nitrogens is 2. The van der Waals surface area contributed by atoms with Crippen LogP contribution >= 0.6 is 0 Å². The van der Waals surface area contributed by atoms with E-state index in [9.17, 15) is 14.4 Å². The minimum absolute atomic E-state index is 0.0881. The summed E-state index contributed by atoms with van der Waals surface area (Å²) in [6.07, 6.45) is 9.38. The number of aryl methyl sites for hydroxylation is 1. The van der Waals surface area contributed by atoms with Gasteiger partial charge in [-0.3, -0.25) is 19.1 Å². The van der Waals surface area contributed by atoms with Gasteiger partial charge < -0.3 is 20.7 Å². The molecule has 0 saturated heterocycles. The van der Waals surface area contributed by atoms with Crippen molar-refractivity contribution in [2.45, 2.75) is 70.3 Å². The molecule has 40 heavy (non-hydrogen) atoms. The molecule has 216 valence electrons. The molecule has 1 aromatic heterocycles. The van der Waals surface area contributed by atoms with Crippen molar-refractivity contribution in [3.63, 3.8) is 0 Å². The van der Waals surface area contributed by atoms with Crippen molar-refractivity contribution in [1.29, 1.82) is 0 Å². The first kappa shape index (κ1) is 28.3. The summed E-state index contributed by atoms with van der Waals surface area (Å²) < 4.78 is 7.02. The van der Waals surface area contributed by atoms with Crippen molar-refractivity contribution in [3.05, 3.63) is 47.8 Å². The van der Waals surface area contributed by atoms with Crippen LogP contribution < -0.4 is 16.0 Å². The van der Waals surface area contributed by atoms with Gasteiger partial charge in [0.2, 0.25) is 11.8 Å². The Bertz CT molecular complexity index is 1230. The highest BCUT2D eigenvalue weighted by Gasteiger charge is 2.48. The van der Waals surface area contributed by atoms with Crippen LogP contribution in [0.15, 0.2) is 36.5 Å². The van der Waals surface area contributed by atoms with E-state index < -0.39 is 11.5 Å². The third-order valence-electron chi connectivity index (χ3n) is 9.28. The fourth-order valence-corrected chi connectivity index (χ4v) is 6.21. The molecule has 3 N–H and O–H groups in total. The number of nitrogens with one attached hydrogen (secondary N) is 3. The Morgan fingerprint density at radius 1 is 1.15 bits per heavy atom. The lowest BCUT2D eigenvalue weighted by Crippen LogP contribution is -2.50. The Balaban J connectivity index is 1.34. The average Bonchev–Trinajstić information content (AvgIpc) is 3.86. The van der Waals surface area contributed by atoms with E-state index in [0.29, 0.717) is 29.8 Å². The number of nitrogens with zero attached hydrogens (tertiary/aromatic N) is 2. The Kier molecular flexibility index (Phi) is 8.04. The fourth-order valence-electron chi connectivity index (χ4n) is 6.21. The minimum atomic E-state index is -0.923. The van der Waals surface area contributed by atoms with Crippen molar-refractivity contribution < 1.29 is 19.1 Å². The van der Waals surface area contributed by atoms with Gasteiger partial charge in [0.15, 0.2) is 0 Å². The summed E-state index contributed by atoms with van der Waals surface area (Å²) >= 11 is 0. The number of hydrogen-bond donors (Lipinski definition) is 3. The van der Waals surface area contributed by atoms with Gasteiger partial charge in [-0.05, 0) is 92.4 Å². The summed E-state index contributed by atoms with van der Waals surface area (Å²) in [6.45, 7) is 4.94. The van der Waals surface area contributed by atoms with Crippen LogP contribution in [0.2, 0.25) is 0 Å². The molecule has 3 aliphatic carbocycles. The lowest BCUT2D eigenvalue weighted by molar-refractivity contribution is -0.129. The summed E-state index contributed by atoms with van der Waals surface area (Å²) in [6, 6.07) is 8.43. The van der Waals surface area contributed by atoms with Gasteiger partial charge in [0, 0.05) is 32.6 Å². The maximum atomic E-state index is 13.8. The van der Waals surface area contributed by atoms with Crippen LogP contribution in [-0.4, -0.2) is 53.8 Å². The zero-order valence-corrected chi connectivity index (χ0v) is 24.2. The zero-order chi connectivity index (χ0) is 28.5. The first-order valence-corrected chi connectivity index (χ1v) is 14.6. The number of hydrogen-bond acceptors (Lipinski definition) is 5. The van der Waals surface area contributed by atoms with Crippen LogP contribution in [0.25, 0.3) is 0 Å². The van der Waals surface area contributed by atoms with E-state index in [0.717, 1.165) is 44.1 Å². The van der Waals surface area contributed by atoms with E-state index in [1.165, 1.54) is 11.1 Å². The summed E-state index contributed by atoms with van der Waals surface area (Å²) in [5.41, 5.74) is 1.01. The molecule has 0 aliphatic heterocycles. The van der Waals surface area contributed by atoms with Gasteiger partial charge in [-0.2, -0.15) is 5.10 Å². The van der Waals surface area contributed by atoms with E-state index >= 15 is 0 Å². The van der Waals surface area contributed by atoms with Crippen molar-refractivity contribution >= 4 is 23.4 Å². The number of benzene rings is 1. The fraction of sp³-hybridized carbons (Fsp3) is 0.613. The highest BCUT2D eigenvalue weighted by atomic mass is 16.5. The first-order chi connectivity index (χ1) is 19.1. The second-order valence-electron chi connectivity index (χ2n) is 12.7. The molecule has 3 fully saturated rings. The van der Waals surface area contributed by atoms with Crippen LogP contribution in [0.4, 0.5) is 5.69 Å². The number of methoxy groups -OCH3 is 1. The number of carbonyl (C=O) groups is 3. The zero-order valence-electron chi connectivity index (χ0n) is 24.2. The van der Waals surface area contributed by atoms with Crippen LogP contribution in [0, 0.1) is 23.2 Å². The molecule has 3 aliphatic rings. The van der Waals surface area contributed by atoms with Gasteiger partial charge >= 0.3 is 0 Å². The predicted octanol–water partition coefficient (Wildman–Crippen LogP) is 3.80. The molecular formula is C31H43N5O4. The van der Waals surface area contributed by atoms with Gasteiger partial charge in [0.1, 0.15) is 11.7 Å². The van der Waals surface area contributed by atoms with E-state index in [1.54, 1.807) is 26.4 Å². The molecule has 5 rings (SSSR count). The maximum Gasteiger partial charge on any atom is 0.270 e. The smallest absolute Gasteiger partial charge is 0.270 e. The molecular weight excluding hydrogens is 506 g/mol. The molecule has 0 bridgehead atoms. The Hall–Kier alpha value is -3.20. The topological polar surface area (TPSA) is 114 Å². The Labute approximate surface area is 236 Å². The van der Waals surface area contributed by atoms with Gasteiger partial charge in [0.25, 0.3) is 5.91 Å². The first-order valence-electron chi connectivity index (χ1n) is 14.6. The Morgan fingerprint density at radius 2 is 1.85 bits per heavy atom. The van der Waals surface area contributed by atoms with Crippen LogP contribution in [0.3, 0.4) is 0 Å². The minimum Gasteiger partial charge on any atom is -0.383 e. The largest absolute Gasteiger partial charge is 0.383 e. The standard InChI is InChI=1S/C31H43N5O4/c1-30(14-6-15-30)18-32-29(39)31(2,19-40-4)22-7-5-8-23(17-22)34-28(38)26(25(20-9-10-20)21-11-12-21)35-27(37)24-13-16-33-36(24)3/h5,7-8,13,16-17,20-21,25-26H,6,9-12,14-15,18-19H2,1-4H3,(H,32,39)(H,34,38)(H,35,37)/t26-,31?/m0/s1. The molecule has 1 unspecified atom stereocenters. The predicted molar refractivity (Wildman–Crippen MR) is 153 cm³/mol. The number of anilines is 1. The van der Waals surface area contributed by atoms with Crippen molar-refractivity contribution in [2.24, 2.45) is 30.2 Å². The highest BCUT2D eigenvalue weighted by Crippen LogP contribution is 2.51. The Morgan fingerprint density at radius 3 is 2.40 bits per heavy atom. The third kappa shape index (κ3) is 6.09. The van der Waals surface area contributed by atoms with Crippen LogP contribution in [0.5, 0.6) is 0 Å². The molecule has 2 aromatic rings. The molecule has 3 amide bonds. The average molecular weight is 550 g/mol. The lowest BCUT2D eigenvalue weighted by Gasteiger charge is -2.39. The number of carbonyl (C=O) groups excluding carboxylic acids is 3. The highest BCUT2D eigenvalue weighted by molar-refractivity contribution is 6.01. The molecule has 2 atom stereocenters. The van der Waals surface area contributed by atoms with Crippen molar-refractivity contribution in [1.82, 2.24) is 20.4 Å². The van der Waals surface area contributed by atoms with Crippen LogP contribution in [0.1, 0.15) is 74.8 Å². The maximum absolute atomic E-state index is 13.8. The van der Waals surface area contributed by atoms with E-state index in [2.05, 4.69) is 28.0 Å². The molecule has 0 spiro atoms. The van der Waals surface area contributed by atoms with Crippen molar-refractivity contribution in [3.8, 4) is 0 Å². The van der Waals surface area contributed by atoms with Gasteiger partial charge in [-0.15, -0.1) is 0 Å². The number of rotatable bonds is 13. The number of amides is 3. The second-order valence-corrected chi connectivity index (χ2v) is 12.7. The van der Waals surface area contributed by atoms with Crippen LogP contribution in [-0.2, 0) is 26.8 Å². The molecule has 0 radical (unpaired) electrons. The number of ether oxygens (including phenoxy) is 1. The van der Waals surface area contributed by atoms with Gasteiger partial charge in [0.05, 0.1) is 12.0 Å². The molecule has 9 nitrogen and oxygen atoms in total. The van der Waals surface area contributed by atoms with Gasteiger partial charge in [-0.25, -0.2) is 0 Å². The molecule has 9 heteroatoms. The summed E-state index contributed by atoms with van der Waals surface area (Å²) in [5.74, 6) is 0.393. The van der Waals surface area contributed by atoms with E-state index in [4.69, 9.17) is 4.74 Å². The SMILES string of the molecule is COCC(C)(C(=O)NCC1(C)CCC1)c1cccc(NC(=O)[C@@H](NC(=O)c2ccnn2C)C(C2CC2)C2CC2)c1.